The summed E-state index contributed by atoms with van der Waals surface area (Å²) in [7, 11) is 0. The average Bonchev–Trinajstić information content (AvgIpc) is 0.762. The van der Waals surface area contributed by atoms with Gasteiger partial charge in [0.1, 0.15) is 256 Å². The molecule has 55 atom stereocenters. The highest BCUT2D eigenvalue weighted by atomic mass is 16.8. The molecule has 11 saturated heterocycles. The van der Waals surface area contributed by atoms with E-state index in [1.807, 2.05) is 0 Å². The Kier molecular flexibility index (Phi) is 40.5. The Labute approximate surface area is 783 Å². The molecule has 0 saturated carbocycles. The molecule has 11 aliphatic rings. The maximum Gasteiger partial charge on any atom is 0.217 e. The number of carbonyl (C=O) groups excluding carboxylic acids is 6. The van der Waals surface area contributed by atoms with Crippen molar-refractivity contribution in [2.45, 2.75) is 393 Å². The molecule has 138 heavy (non-hydrogen) atoms. The Bertz CT molecular complexity index is 3880. The minimum absolute atomic E-state index is 0.836. The molecule has 60 nitrogen and oxygen atoms in total. The van der Waals surface area contributed by atoms with E-state index in [-0.39, 0.29) is 0 Å². The number of rotatable bonds is 35. The zero-order chi connectivity index (χ0) is 102. The minimum Gasteiger partial charge on any atom is -0.394 e. The van der Waals surface area contributed by atoms with Gasteiger partial charge in [0.25, 0.3) is 0 Å². The highest BCUT2D eigenvalue weighted by molar-refractivity contribution is 5.75. The van der Waals surface area contributed by atoms with Gasteiger partial charge in [0.05, 0.1) is 71.7 Å². The Hall–Kier alpha value is -5.10. The highest BCUT2D eigenvalue weighted by Gasteiger charge is 2.63. The van der Waals surface area contributed by atoms with E-state index in [9.17, 15) is 167 Å². The molecule has 6 amide bonds. The molecule has 11 aliphatic heterocycles. The van der Waals surface area contributed by atoms with Crippen LogP contribution >= 0.6 is 0 Å². The second-order valence-electron chi connectivity index (χ2n) is 35.3. The molecule has 1 unspecified atom stereocenters. The fourth-order valence-corrected chi connectivity index (χ4v) is 18.0. The molecule has 11 heterocycles. The van der Waals surface area contributed by atoms with Gasteiger partial charge in [0.15, 0.2) is 69.2 Å². The van der Waals surface area contributed by atoms with Crippen LogP contribution in [-0.4, -0.2) is 570 Å². The number of hydrogen-bond donors (Lipinski definition) is 33. The number of hydrogen-bond acceptors (Lipinski definition) is 54. The van der Waals surface area contributed by atoms with Crippen molar-refractivity contribution in [2.75, 3.05) is 59.5 Å². The summed E-state index contributed by atoms with van der Waals surface area (Å²) in [5.41, 5.74) is 0. The van der Waals surface area contributed by atoms with Crippen molar-refractivity contribution in [1.29, 1.82) is 0 Å². The van der Waals surface area contributed by atoms with Gasteiger partial charge in [-0.2, -0.15) is 0 Å². The first kappa shape index (κ1) is 113. The largest absolute Gasteiger partial charge is 0.394 e. The van der Waals surface area contributed by atoms with E-state index in [1.165, 1.54) is 13.8 Å². The standard InChI is InChI=1S/C78H130N6O54/c1-18-41(98)53(110)57(114)74(120-18)118-17-34-62(50(107)35(68(117)122-34)79-20(3)92)132-71-38(82-23(6)95)52(109)61(31(14-90)127-71)133-76-59(116)65(136-78-67(56(113)46(103)29(12-88)126-78)138-72-39(83-24(7)96)51(108)60(30(13-89)128-72)131-69-36(80-21(4)93)48(105)43(100)26(9-85)123-69)47(104)33(130-76)16-119-77-66(55(112)45(102)28(11-87)125-77)137-73-40(84-25(8)97)64(135-75-58(115)54(111)42(99)19(2)121-75)63(32(15-91)129-73)134-70-37(81-22(5)94)49(106)44(101)27(10-86)124-70/h18-19,26-78,85-91,98-117H,9-17H2,1-8H3,(H,79,92)(H,80,93)(H,81,94)(H,82,95)(H,83,96)(H,84,97)/t18-,19-,26+,27+,28+,29+,30+,31+,32+,33+,34+,35+,36+,37+,38+,39+,40+,41+,42+,43-,44-,45+,46+,47+,48+,49+,50+,51+,52+,53+,54+,55-,56-,57-,58-,59-,60+,61+,62+,63+,64+,65-,66-,67-,68?,69-,70-,71-,72-,73-,74+,75-,76-,77-,78+/m0/s1. The second kappa shape index (κ2) is 49.4. The van der Waals surface area contributed by atoms with Crippen molar-refractivity contribution < 1.29 is 266 Å². The average molecular weight is 2020 g/mol. The number of aliphatic hydroxyl groups is 27. The van der Waals surface area contributed by atoms with Gasteiger partial charge in [0, 0.05) is 41.5 Å². The van der Waals surface area contributed by atoms with E-state index < -0.39 is 432 Å². The molecule has 0 aromatic rings. The molecular formula is C78H130N6O54. The van der Waals surface area contributed by atoms with Crippen LogP contribution in [0.15, 0.2) is 0 Å². The van der Waals surface area contributed by atoms with Crippen LogP contribution in [0.5, 0.6) is 0 Å². The van der Waals surface area contributed by atoms with Gasteiger partial charge in [-0.05, 0) is 13.8 Å². The molecular weight excluding hydrogens is 1880 g/mol. The highest BCUT2D eigenvalue weighted by Crippen LogP contribution is 2.42. The maximum absolute atomic E-state index is 13.7. The summed E-state index contributed by atoms with van der Waals surface area (Å²) < 4.78 is 128. The lowest BCUT2D eigenvalue weighted by molar-refractivity contribution is -0.399. The summed E-state index contributed by atoms with van der Waals surface area (Å²) in [4.78, 5) is 78.0. The molecule has 0 aromatic heterocycles. The van der Waals surface area contributed by atoms with Crippen molar-refractivity contribution in [3.63, 3.8) is 0 Å². The maximum atomic E-state index is 13.7. The molecule has 11 fully saturated rings. The van der Waals surface area contributed by atoms with Gasteiger partial charge in [-0.15, -0.1) is 0 Å². The summed E-state index contributed by atoms with van der Waals surface area (Å²) in [5, 5.41) is 321. The second-order valence-corrected chi connectivity index (χ2v) is 35.3. The Morgan fingerprint density at radius 3 is 0.891 bits per heavy atom. The normalized spacial score (nSPS) is 48.6. The molecule has 0 radical (unpaired) electrons. The number of nitrogens with one attached hydrogen (secondary N) is 6. The zero-order valence-corrected chi connectivity index (χ0v) is 75.2. The molecule has 796 valence electrons. The van der Waals surface area contributed by atoms with Crippen LogP contribution < -0.4 is 31.9 Å². The van der Waals surface area contributed by atoms with Crippen LogP contribution in [-0.2, 0) is 128 Å². The van der Waals surface area contributed by atoms with Crippen LogP contribution in [0.3, 0.4) is 0 Å². The Balaban J connectivity index is 0.958. The summed E-state index contributed by atoms with van der Waals surface area (Å²) in [6, 6.07) is -11.4. The van der Waals surface area contributed by atoms with E-state index in [2.05, 4.69) is 31.9 Å². The molecule has 0 spiro atoms. The quantitative estimate of drug-likeness (QED) is 0.0280. The SMILES string of the molecule is CC(=O)N[C@H]1[C@H](O[C@H]2[C@H](O)[C@@H](NC(C)=O)C(O)O[C@@H]2CO[C@@H]2O[C@@H](C)[C@@H](O)[C@@H](O)[C@@H]2O)O[C@H](CO)[C@@H](O[C@@H]2O[C@H](CO[C@H]3O[C@H](CO)[C@@H](O)[C@H](O)[C@@H]3O[C@@H]3O[C@H](CO)[C@@H](O[C@@H]4O[C@H](CO)[C@H](O)[C@H](O)[C@H]4NC(C)=O)[C@H](O[C@@H]4O[C@@H](C)[C@@H](O)[C@@H](O)[C@@H]4O)[C@H]3NC(C)=O)[C@@H](O)[C@H](O[C@H]3O[C@H](CO)[C@@H](O)[C@H](O)[C@@H]3O[C@@H]3O[C@H](CO)[C@@H](O[C@@H]4O[C@H](CO)[C@H](O)[C@H](O)[C@H]4NC(C)=O)[C@H](O)[C@H]3NC(C)=O)[C@@H]2O)[C@@H]1O. The van der Waals surface area contributed by atoms with E-state index in [0.29, 0.717) is 0 Å². The first-order valence-electron chi connectivity index (χ1n) is 44.3. The lowest BCUT2D eigenvalue weighted by Crippen LogP contribution is -2.72. The van der Waals surface area contributed by atoms with Crippen molar-refractivity contribution >= 4 is 35.4 Å². The predicted octanol–water partition coefficient (Wildman–Crippen LogP) is -22.1. The smallest absolute Gasteiger partial charge is 0.217 e. The van der Waals surface area contributed by atoms with Crippen LogP contribution in [0, 0.1) is 0 Å². The van der Waals surface area contributed by atoms with Crippen LogP contribution in [0.1, 0.15) is 55.4 Å². The lowest BCUT2D eigenvalue weighted by Gasteiger charge is -2.52. The first-order chi connectivity index (χ1) is 65.1. The third kappa shape index (κ3) is 25.4. The van der Waals surface area contributed by atoms with Crippen molar-refractivity contribution in [1.82, 2.24) is 31.9 Å². The summed E-state index contributed by atoms with van der Waals surface area (Å²) >= 11 is 0. The first-order valence-corrected chi connectivity index (χ1v) is 44.3. The van der Waals surface area contributed by atoms with Gasteiger partial charge in [-0.25, -0.2) is 0 Å². The summed E-state index contributed by atoms with van der Waals surface area (Å²) in [6.45, 7) is -2.16. The number of amides is 6. The molecule has 33 N–H and O–H groups in total. The van der Waals surface area contributed by atoms with Gasteiger partial charge in [0.2, 0.25) is 35.4 Å². The van der Waals surface area contributed by atoms with E-state index >= 15 is 0 Å². The fraction of sp³-hybridized carbons (Fsp3) is 0.923. The summed E-state index contributed by atoms with van der Waals surface area (Å²) in [5.74, 6) is -5.61. The van der Waals surface area contributed by atoms with Crippen molar-refractivity contribution in [3.05, 3.63) is 0 Å². The van der Waals surface area contributed by atoms with Gasteiger partial charge in [-0.3, -0.25) is 28.8 Å². The molecule has 0 aliphatic carbocycles. The monoisotopic (exact) mass is 2010 g/mol. The van der Waals surface area contributed by atoms with Crippen LogP contribution in [0.25, 0.3) is 0 Å². The topological polar surface area (TPSA) is 915 Å². The fourth-order valence-electron chi connectivity index (χ4n) is 18.0. The van der Waals surface area contributed by atoms with E-state index in [4.69, 9.17) is 99.5 Å². The van der Waals surface area contributed by atoms with Crippen molar-refractivity contribution in [3.8, 4) is 0 Å². The Morgan fingerprint density at radius 1 is 0.203 bits per heavy atom. The van der Waals surface area contributed by atoms with Gasteiger partial charge in [-0.1, -0.05) is 0 Å². The van der Waals surface area contributed by atoms with Crippen LogP contribution in [0.2, 0.25) is 0 Å². The zero-order valence-electron chi connectivity index (χ0n) is 75.2. The lowest BCUT2D eigenvalue weighted by atomic mass is 9.93. The Morgan fingerprint density at radius 2 is 0.471 bits per heavy atom. The predicted molar refractivity (Wildman–Crippen MR) is 429 cm³/mol. The number of carbonyl (C=O) groups is 6. The van der Waals surface area contributed by atoms with Gasteiger partial charge >= 0.3 is 0 Å². The summed E-state index contributed by atoms with van der Waals surface area (Å²) in [6.07, 6.45) is -103. The molecule has 60 heteroatoms. The third-order valence-corrected chi connectivity index (χ3v) is 25.3. The van der Waals surface area contributed by atoms with Crippen molar-refractivity contribution in [2.24, 2.45) is 0 Å². The molecule has 11 rings (SSSR count). The third-order valence-electron chi connectivity index (χ3n) is 25.3. The van der Waals surface area contributed by atoms with Gasteiger partial charge < -0.3 is 269 Å². The van der Waals surface area contributed by atoms with E-state index in [0.717, 1.165) is 41.5 Å². The molecule has 0 aromatic carbocycles. The van der Waals surface area contributed by atoms with E-state index in [1.54, 1.807) is 0 Å². The minimum atomic E-state index is -2.69. The number of aliphatic hydroxyl groups excluding tert-OH is 27. The van der Waals surface area contributed by atoms with Crippen LogP contribution in [0.4, 0.5) is 0 Å². The number of ether oxygens (including phenoxy) is 21. The molecule has 0 bridgehead atoms.